The Bertz CT molecular complexity index is 1800. The molecule has 1 amide bonds. The Morgan fingerprint density at radius 3 is 2.44 bits per heavy atom. The quantitative estimate of drug-likeness (QED) is 0.211. The molecule has 0 aliphatic carbocycles. The van der Waals surface area contributed by atoms with E-state index in [0.29, 0.717) is 35.7 Å². The first-order valence-corrected chi connectivity index (χ1v) is 16.3. The Balaban J connectivity index is 1.40. The molecule has 5 rings (SSSR count). The predicted octanol–water partition coefficient (Wildman–Crippen LogP) is 6.32. The zero-order chi connectivity index (χ0) is 32.0. The molecular weight excluding hydrogens is 618 g/mol. The number of rotatable bonds is 10. The van der Waals surface area contributed by atoms with Crippen molar-refractivity contribution in [2.24, 2.45) is 0 Å². The third-order valence-corrected chi connectivity index (χ3v) is 10.2. The minimum Gasteiger partial charge on any atom is -0.319 e. The molecule has 4 aromatic carbocycles. The number of hydrogen-bond donors (Lipinski definition) is 2. The molecule has 2 N–H and O–H groups in total. The standard InChI is InChI=1S/C34H31ClF2N4O3S/c1-38-33(32(23-13-15-25(35)16-14-23)24-7-5-8-26(36)21-24)34(42)40-31-12-6-11-30(37)29(31)18-17-27-22-39-19-20-41(27)45(43,44)28-9-3-2-4-10-28/h1-16,21,27,32-33,39H,17-20,22H2/p+1. The summed E-state index contributed by atoms with van der Waals surface area (Å²) >= 11 is 6.09. The van der Waals surface area contributed by atoms with Crippen molar-refractivity contribution in [3.8, 4) is 6.57 Å². The molecule has 1 heterocycles. The summed E-state index contributed by atoms with van der Waals surface area (Å²) in [5, 5.41) is 6.49. The highest BCUT2D eigenvalue weighted by atomic mass is 35.5. The van der Waals surface area contributed by atoms with Crippen LogP contribution < -0.4 is 10.6 Å². The summed E-state index contributed by atoms with van der Waals surface area (Å²) < 4.78 is 57.9. The van der Waals surface area contributed by atoms with Crippen LogP contribution in [0.3, 0.4) is 0 Å². The Labute approximate surface area is 266 Å². The van der Waals surface area contributed by atoms with E-state index in [4.69, 9.17) is 18.2 Å². The summed E-state index contributed by atoms with van der Waals surface area (Å²) in [7, 11) is -3.77. The topological polar surface area (TPSA) is 82.9 Å². The minimum absolute atomic E-state index is 0.143. The van der Waals surface area contributed by atoms with Crippen LogP contribution in [0.2, 0.25) is 5.02 Å². The lowest BCUT2D eigenvalue weighted by Gasteiger charge is -2.35. The molecule has 1 aliphatic rings. The summed E-state index contributed by atoms with van der Waals surface area (Å²) in [6, 6.07) is 23.4. The summed E-state index contributed by atoms with van der Waals surface area (Å²) in [5.41, 5.74) is 1.53. The van der Waals surface area contributed by atoms with Crippen LogP contribution in [0.4, 0.5) is 14.5 Å². The van der Waals surface area contributed by atoms with Gasteiger partial charge in [0, 0.05) is 41.9 Å². The maximum Gasteiger partial charge on any atom is 0.359 e. The second kappa shape index (κ2) is 14.3. The lowest BCUT2D eigenvalue weighted by Crippen LogP contribution is -2.53. The van der Waals surface area contributed by atoms with Gasteiger partial charge in [0.1, 0.15) is 11.6 Å². The molecule has 232 valence electrons. The van der Waals surface area contributed by atoms with E-state index < -0.39 is 45.6 Å². The molecule has 4 aromatic rings. The number of anilines is 1. The average Bonchev–Trinajstić information content (AvgIpc) is 3.04. The van der Waals surface area contributed by atoms with E-state index in [1.54, 1.807) is 66.7 Å². The van der Waals surface area contributed by atoms with Crippen molar-refractivity contribution in [2.75, 3.05) is 25.0 Å². The Hall–Kier alpha value is -4.14. The number of benzene rings is 4. The van der Waals surface area contributed by atoms with Crippen molar-refractivity contribution in [3.05, 3.63) is 135 Å². The molecule has 11 heteroatoms. The number of halogens is 3. The van der Waals surface area contributed by atoms with Crippen LogP contribution in [0.15, 0.2) is 102 Å². The van der Waals surface area contributed by atoms with Gasteiger partial charge in [0.15, 0.2) is 0 Å². The van der Waals surface area contributed by atoms with Gasteiger partial charge in [0.25, 0.3) is 6.57 Å². The monoisotopic (exact) mass is 649 g/mol. The van der Waals surface area contributed by atoms with Gasteiger partial charge in [-0.25, -0.2) is 17.2 Å². The molecule has 0 bridgehead atoms. The van der Waals surface area contributed by atoms with E-state index >= 15 is 4.39 Å². The maximum atomic E-state index is 15.3. The van der Waals surface area contributed by atoms with Crippen LogP contribution >= 0.6 is 11.6 Å². The molecule has 0 aromatic heterocycles. The van der Waals surface area contributed by atoms with E-state index in [0.717, 1.165) is 0 Å². The van der Waals surface area contributed by atoms with E-state index in [-0.39, 0.29) is 29.1 Å². The predicted molar refractivity (Wildman–Crippen MR) is 172 cm³/mol. The summed E-state index contributed by atoms with van der Waals surface area (Å²) in [6.07, 6.45) is 0.439. The van der Waals surface area contributed by atoms with Gasteiger partial charge < -0.3 is 10.6 Å². The fraction of sp³-hybridized carbons (Fsp3) is 0.235. The van der Waals surface area contributed by atoms with Crippen LogP contribution in [-0.2, 0) is 21.2 Å². The largest absolute Gasteiger partial charge is 0.359 e. The van der Waals surface area contributed by atoms with Gasteiger partial charge >= 0.3 is 11.9 Å². The molecule has 1 fully saturated rings. The first-order valence-electron chi connectivity index (χ1n) is 14.5. The molecule has 0 radical (unpaired) electrons. The molecule has 7 nitrogen and oxygen atoms in total. The van der Waals surface area contributed by atoms with E-state index in [2.05, 4.69) is 15.5 Å². The normalized spacial score (nSPS) is 16.8. The lowest BCUT2D eigenvalue weighted by atomic mass is 9.84. The number of sulfonamides is 1. The number of piperazine rings is 1. The van der Waals surface area contributed by atoms with Crippen LogP contribution in [0, 0.1) is 18.2 Å². The highest BCUT2D eigenvalue weighted by Crippen LogP contribution is 2.33. The highest BCUT2D eigenvalue weighted by Gasteiger charge is 2.40. The molecule has 45 heavy (non-hydrogen) atoms. The third-order valence-electron chi connectivity index (χ3n) is 7.93. The number of nitrogens with one attached hydrogen (secondary N) is 2. The van der Waals surface area contributed by atoms with Crippen molar-refractivity contribution < 1.29 is 22.0 Å². The van der Waals surface area contributed by atoms with Gasteiger partial charge in [0.2, 0.25) is 10.0 Å². The number of amides is 1. The Morgan fingerprint density at radius 1 is 1.00 bits per heavy atom. The summed E-state index contributed by atoms with van der Waals surface area (Å²) in [5.74, 6) is -2.43. The third kappa shape index (κ3) is 7.40. The second-order valence-electron chi connectivity index (χ2n) is 10.8. The van der Waals surface area contributed by atoms with Crippen molar-refractivity contribution in [1.82, 2.24) is 9.62 Å². The van der Waals surface area contributed by atoms with Gasteiger partial charge in [0.05, 0.1) is 10.8 Å². The van der Waals surface area contributed by atoms with Crippen molar-refractivity contribution in [2.45, 2.75) is 35.7 Å². The van der Waals surface area contributed by atoms with Crippen LogP contribution in [0.1, 0.15) is 29.0 Å². The number of carbonyl (C=O) groups is 1. The molecule has 3 unspecified atom stereocenters. The first-order chi connectivity index (χ1) is 21.7. The minimum atomic E-state index is -3.77. The number of hydrogen-bond acceptors (Lipinski definition) is 4. The molecule has 0 saturated carbocycles. The summed E-state index contributed by atoms with van der Waals surface area (Å²) in [6.45, 7) is 6.96. The lowest BCUT2D eigenvalue weighted by molar-refractivity contribution is -0.116. The molecule has 1 aliphatic heterocycles. The Morgan fingerprint density at radius 2 is 1.73 bits per heavy atom. The molecule has 1 saturated heterocycles. The van der Waals surface area contributed by atoms with Gasteiger partial charge in [-0.15, -0.1) is 0 Å². The molecular formula is C34H32ClF2N4O3S+. The van der Waals surface area contributed by atoms with E-state index in [1.807, 2.05) is 0 Å². The van der Waals surface area contributed by atoms with Crippen molar-refractivity contribution in [3.63, 3.8) is 0 Å². The Kier molecular flexibility index (Phi) is 10.3. The van der Waals surface area contributed by atoms with Gasteiger partial charge in [-0.2, -0.15) is 4.31 Å². The van der Waals surface area contributed by atoms with Crippen LogP contribution in [0.25, 0.3) is 4.85 Å². The zero-order valence-corrected chi connectivity index (χ0v) is 25.8. The highest BCUT2D eigenvalue weighted by molar-refractivity contribution is 7.89. The smallest absolute Gasteiger partial charge is 0.319 e. The van der Waals surface area contributed by atoms with Crippen molar-refractivity contribution in [1.29, 1.82) is 0 Å². The SMILES string of the molecule is C#[N+]C(C(=O)Nc1cccc(F)c1CCC1CNCCN1S(=O)(=O)c1ccccc1)C(c1ccc(Cl)cc1)c1cccc(F)c1. The van der Waals surface area contributed by atoms with Crippen molar-refractivity contribution >= 4 is 33.2 Å². The zero-order valence-electron chi connectivity index (χ0n) is 24.2. The van der Waals surface area contributed by atoms with Gasteiger partial charge in [-0.1, -0.05) is 65.0 Å². The first kappa shape index (κ1) is 32.3. The van der Waals surface area contributed by atoms with Gasteiger partial charge in [-0.3, -0.25) is 4.79 Å². The van der Waals surface area contributed by atoms with Gasteiger partial charge in [-0.05, 0) is 72.5 Å². The summed E-state index contributed by atoms with van der Waals surface area (Å²) in [4.78, 5) is 17.8. The van der Waals surface area contributed by atoms with Crippen LogP contribution in [0.5, 0.6) is 0 Å². The molecule has 0 spiro atoms. The molecule has 3 atom stereocenters. The van der Waals surface area contributed by atoms with E-state index in [9.17, 15) is 17.6 Å². The van der Waals surface area contributed by atoms with E-state index in [1.165, 1.54) is 34.6 Å². The van der Waals surface area contributed by atoms with Crippen LogP contribution in [-0.4, -0.2) is 50.3 Å². The number of carbonyl (C=O) groups excluding carboxylic acids is 1. The number of nitrogens with zero attached hydrogens (tertiary/aromatic N) is 2. The average molecular weight is 650 g/mol. The fourth-order valence-electron chi connectivity index (χ4n) is 5.71. The maximum absolute atomic E-state index is 15.3. The second-order valence-corrected chi connectivity index (χ2v) is 13.1. The fourth-order valence-corrected chi connectivity index (χ4v) is 7.51.